The minimum Gasteiger partial charge on any atom is -0.381 e. The predicted octanol–water partition coefficient (Wildman–Crippen LogP) is 1.73. The summed E-state index contributed by atoms with van der Waals surface area (Å²) in [7, 11) is -3.96. The Bertz CT molecular complexity index is 1250. The SMILES string of the molecule is O=C(c1nn(C2CCN(CC3CCOC3)C2)c2c1CS(=O)(=O)c1c(F)cccc1-2)N1CCOCC1. The van der Waals surface area contributed by atoms with Crippen LogP contribution in [0.15, 0.2) is 23.1 Å². The average Bonchev–Trinajstić information content (AvgIpc) is 3.59. The number of rotatable bonds is 4. The molecule has 9 nitrogen and oxygen atoms in total. The fraction of sp³-hybridized carbons (Fsp3) is 0.583. The van der Waals surface area contributed by atoms with Crippen LogP contribution < -0.4 is 0 Å². The first-order valence-corrected chi connectivity index (χ1v) is 13.9. The number of hydrogen-bond donors (Lipinski definition) is 0. The quantitative estimate of drug-likeness (QED) is 0.626. The van der Waals surface area contributed by atoms with Gasteiger partial charge in [0.1, 0.15) is 10.7 Å². The number of hydrogen-bond acceptors (Lipinski definition) is 7. The third-order valence-electron chi connectivity index (χ3n) is 7.51. The maximum Gasteiger partial charge on any atom is 0.274 e. The van der Waals surface area contributed by atoms with E-state index in [1.54, 1.807) is 15.6 Å². The number of carbonyl (C=O) groups excluding carboxylic acids is 1. The van der Waals surface area contributed by atoms with Crippen molar-refractivity contribution in [2.45, 2.75) is 29.5 Å². The van der Waals surface area contributed by atoms with Crippen LogP contribution in [0.1, 0.15) is 34.9 Å². The van der Waals surface area contributed by atoms with Gasteiger partial charge in [0.2, 0.25) is 0 Å². The average molecular weight is 505 g/mol. The van der Waals surface area contributed by atoms with Gasteiger partial charge >= 0.3 is 0 Å². The Morgan fingerprint density at radius 2 is 1.94 bits per heavy atom. The maximum absolute atomic E-state index is 14.8. The number of fused-ring (bicyclic) bond motifs is 3. The van der Waals surface area contributed by atoms with Gasteiger partial charge in [-0.3, -0.25) is 9.48 Å². The Kier molecular flexibility index (Phi) is 5.90. The minimum atomic E-state index is -3.96. The molecular formula is C24H29FN4O5S. The highest BCUT2D eigenvalue weighted by Crippen LogP contribution is 2.43. The van der Waals surface area contributed by atoms with Gasteiger partial charge in [-0.15, -0.1) is 0 Å². The van der Waals surface area contributed by atoms with Gasteiger partial charge in [-0.25, -0.2) is 12.8 Å². The lowest BCUT2D eigenvalue weighted by atomic mass is 10.0. The lowest BCUT2D eigenvalue weighted by Crippen LogP contribution is -2.41. The second-order valence-electron chi connectivity index (χ2n) is 9.83. The molecule has 11 heteroatoms. The first kappa shape index (κ1) is 23.1. The van der Waals surface area contributed by atoms with Gasteiger partial charge < -0.3 is 19.3 Å². The molecule has 2 unspecified atom stereocenters. The number of amides is 1. The van der Waals surface area contributed by atoms with Crippen LogP contribution in [0.3, 0.4) is 0 Å². The highest BCUT2D eigenvalue weighted by atomic mass is 32.2. The van der Waals surface area contributed by atoms with Gasteiger partial charge in [-0.05, 0) is 24.8 Å². The second-order valence-corrected chi connectivity index (χ2v) is 11.8. The van der Waals surface area contributed by atoms with Crippen molar-refractivity contribution in [2.75, 3.05) is 59.2 Å². The van der Waals surface area contributed by atoms with E-state index >= 15 is 0 Å². The number of ether oxygens (including phenoxy) is 2. The molecule has 0 aliphatic carbocycles. The van der Waals surface area contributed by atoms with Crippen LogP contribution in [-0.4, -0.2) is 93.1 Å². The number of carbonyl (C=O) groups is 1. The van der Waals surface area contributed by atoms with Crippen molar-refractivity contribution in [3.8, 4) is 11.3 Å². The number of halogens is 1. The molecule has 2 atom stereocenters. The Morgan fingerprint density at radius 1 is 1.11 bits per heavy atom. The summed E-state index contributed by atoms with van der Waals surface area (Å²) in [5.74, 6) is -0.983. The molecule has 4 aliphatic heterocycles. The Morgan fingerprint density at radius 3 is 2.71 bits per heavy atom. The molecule has 1 amide bonds. The summed E-state index contributed by atoms with van der Waals surface area (Å²) >= 11 is 0. The van der Waals surface area contributed by atoms with E-state index in [1.807, 2.05) is 0 Å². The molecule has 5 heterocycles. The third-order valence-corrected chi connectivity index (χ3v) is 9.22. The predicted molar refractivity (Wildman–Crippen MR) is 124 cm³/mol. The zero-order valence-electron chi connectivity index (χ0n) is 19.5. The van der Waals surface area contributed by atoms with E-state index in [0.29, 0.717) is 49.0 Å². The molecule has 0 spiro atoms. The molecule has 2 aromatic rings. The van der Waals surface area contributed by atoms with E-state index in [9.17, 15) is 17.6 Å². The number of likely N-dealkylation sites (tertiary alicyclic amines) is 1. The summed E-state index contributed by atoms with van der Waals surface area (Å²) in [4.78, 5) is 17.2. The van der Waals surface area contributed by atoms with Gasteiger partial charge in [0.05, 0.1) is 37.3 Å². The van der Waals surface area contributed by atoms with Crippen molar-refractivity contribution in [1.29, 1.82) is 0 Å². The number of benzene rings is 1. The fourth-order valence-corrected chi connectivity index (χ4v) is 7.45. The molecule has 1 aromatic heterocycles. The van der Waals surface area contributed by atoms with Crippen LogP contribution in [-0.2, 0) is 25.1 Å². The normalized spacial score (nSPS) is 26.0. The first-order chi connectivity index (χ1) is 16.9. The highest BCUT2D eigenvalue weighted by Gasteiger charge is 2.41. The molecule has 3 saturated heterocycles. The molecule has 0 radical (unpaired) electrons. The number of nitrogens with zero attached hydrogens (tertiary/aromatic N) is 4. The van der Waals surface area contributed by atoms with Gasteiger partial charge in [0.25, 0.3) is 5.91 Å². The summed E-state index contributed by atoms with van der Waals surface area (Å²) in [6, 6.07) is 4.27. The molecule has 188 valence electrons. The summed E-state index contributed by atoms with van der Waals surface area (Å²) in [5.41, 5.74) is 1.38. The second kappa shape index (κ2) is 8.95. The van der Waals surface area contributed by atoms with Crippen LogP contribution in [0.4, 0.5) is 4.39 Å². The van der Waals surface area contributed by atoms with Crippen LogP contribution >= 0.6 is 0 Å². The highest BCUT2D eigenvalue weighted by molar-refractivity contribution is 7.91. The topological polar surface area (TPSA) is 94.0 Å². The largest absolute Gasteiger partial charge is 0.381 e. The number of sulfone groups is 1. The summed E-state index contributed by atoms with van der Waals surface area (Å²) < 4.78 is 53.8. The minimum absolute atomic E-state index is 0.0331. The zero-order valence-corrected chi connectivity index (χ0v) is 20.3. The van der Waals surface area contributed by atoms with Gasteiger partial charge in [-0.2, -0.15) is 5.10 Å². The Hall–Kier alpha value is -2.34. The van der Waals surface area contributed by atoms with Crippen molar-refractivity contribution >= 4 is 15.7 Å². The standard InChI is InChI=1S/C24H29FN4O5S/c25-20-3-1-2-18-22-19(15-35(31,32)23(18)20)21(24(30)28-7-10-33-11-8-28)26-29(22)17-4-6-27(13-17)12-16-5-9-34-14-16/h1-3,16-17H,4-15H2. The van der Waals surface area contributed by atoms with Crippen molar-refractivity contribution in [3.63, 3.8) is 0 Å². The maximum atomic E-state index is 14.8. The molecule has 6 rings (SSSR count). The van der Waals surface area contributed by atoms with Crippen molar-refractivity contribution in [2.24, 2.45) is 5.92 Å². The summed E-state index contributed by atoms with van der Waals surface area (Å²) in [6.07, 6.45) is 1.88. The summed E-state index contributed by atoms with van der Waals surface area (Å²) in [6.45, 7) is 5.88. The van der Waals surface area contributed by atoms with Crippen molar-refractivity contribution in [1.82, 2.24) is 19.6 Å². The van der Waals surface area contributed by atoms with Gasteiger partial charge in [-0.1, -0.05) is 12.1 Å². The molecule has 0 saturated carbocycles. The fourth-order valence-electron chi connectivity index (χ4n) is 5.79. The molecule has 4 aliphatic rings. The third kappa shape index (κ3) is 4.08. The van der Waals surface area contributed by atoms with Crippen molar-refractivity contribution in [3.05, 3.63) is 35.3 Å². The smallest absolute Gasteiger partial charge is 0.274 e. The molecule has 3 fully saturated rings. The van der Waals surface area contributed by atoms with Crippen LogP contribution in [0, 0.1) is 11.7 Å². The zero-order chi connectivity index (χ0) is 24.2. The Labute approximate surface area is 203 Å². The van der Waals surface area contributed by atoms with E-state index in [4.69, 9.17) is 14.6 Å². The van der Waals surface area contributed by atoms with E-state index in [2.05, 4.69) is 4.90 Å². The Balaban J connectivity index is 1.41. The van der Waals surface area contributed by atoms with E-state index in [0.717, 1.165) is 45.7 Å². The van der Waals surface area contributed by atoms with E-state index in [-0.39, 0.29) is 22.5 Å². The lowest BCUT2D eigenvalue weighted by molar-refractivity contribution is 0.0297. The van der Waals surface area contributed by atoms with Gasteiger partial charge in [0, 0.05) is 50.5 Å². The van der Waals surface area contributed by atoms with E-state index < -0.39 is 21.4 Å². The number of morpholine rings is 1. The van der Waals surface area contributed by atoms with Crippen LogP contribution in [0.25, 0.3) is 11.3 Å². The van der Waals surface area contributed by atoms with E-state index in [1.165, 1.54) is 12.1 Å². The monoisotopic (exact) mass is 504 g/mol. The van der Waals surface area contributed by atoms with Crippen molar-refractivity contribution < 1.29 is 27.1 Å². The molecule has 35 heavy (non-hydrogen) atoms. The van der Waals surface area contributed by atoms with Crippen LogP contribution in [0.5, 0.6) is 0 Å². The van der Waals surface area contributed by atoms with Gasteiger partial charge in [0.15, 0.2) is 15.5 Å². The molecule has 0 N–H and O–H groups in total. The molecule has 1 aromatic carbocycles. The lowest BCUT2D eigenvalue weighted by Gasteiger charge is -2.26. The molecular weight excluding hydrogens is 475 g/mol. The van der Waals surface area contributed by atoms with Crippen LogP contribution in [0.2, 0.25) is 0 Å². The number of aromatic nitrogens is 2. The summed E-state index contributed by atoms with van der Waals surface area (Å²) in [5, 5.41) is 4.76. The first-order valence-electron chi connectivity index (χ1n) is 12.2. The molecule has 0 bridgehead atoms.